The van der Waals surface area contributed by atoms with Crippen LogP contribution in [0, 0.1) is 0 Å². The molecule has 0 spiro atoms. The van der Waals surface area contributed by atoms with Gasteiger partial charge < -0.3 is 10.2 Å². The van der Waals surface area contributed by atoms with E-state index in [1.54, 1.807) is 6.20 Å². The Bertz CT molecular complexity index is 491. The predicted octanol–water partition coefficient (Wildman–Crippen LogP) is 1.82. The van der Waals surface area contributed by atoms with Gasteiger partial charge in [-0.05, 0) is 25.0 Å². The zero-order valence-corrected chi connectivity index (χ0v) is 12.7. The van der Waals surface area contributed by atoms with Gasteiger partial charge in [0.25, 0.3) is 5.91 Å². The molecule has 5 heteroatoms. The third-order valence-corrected chi connectivity index (χ3v) is 4.71. The molecule has 1 saturated carbocycles. The number of carbonyl (C=O) groups is 1. The minimum Gasteiger partial charge on any atom is -0.388 e. The fourth-order valence-corrected chi connectivity index (χ4v) is 3.42. The molecule has 1 aliphatic carbocycles. The fourth-order valence-electron chi connectivity index (χ4n) is 3.42. The normalized spacial score (nSPS) is 20.7. The Labute approximate surface area is 126 Å². The van der Waals surface area contributed by atoms with Crippen LogP contribution in [-0.4, -0.2) is 60.0 Å². The molecule has 2 fully saturated rings. The van der Waals surface area contributed by atoms with E-state index in [0.29, 0.717) is 5.69 Å². The topological polar surface area (TPSA) is 48.5 Å². The first-order chi connectivity index (χ1) is 10.3. The number of pyridine rings is 1. The van der Waals surface area contributed by atoms with Crippen molar-refractivity contribution in [1.82, 2.24) is 14.8 Å². The molecule has 3 rings (SSSR count). The SMILES string of the molecule is CNc1ccnc(C(=O)N2CCN(C3CCCC3)CC2)c1. The number of nitrogens with zero attached hydrogens (tertiary/aromatic N) is 3. The van der Waals surface area contributed by atoms with Gasteiger partial charge >= 0.3 is 0 Å². The highest BCUT2D eigenvalue weighted by Gasteiger charge is 2.28. The minimum absolute atomic E-state index is 0.0539. The summed E-state index contributed by atoms with van der Waals surface area (Å²) in [7, 11) is 1.85. The number of anilines is 1. The van der Waals surface area contributed by atoms with Gasteiger partial charge in [-0.25, -0.2) is 0 Å². The van der Waals surface area contributed by atoms with Crippen LogP contribution in [0.2, 0.25) is 0 Å². The molecule has 1 aromatic heterocycles. The monoisotopic (exact) mass is 288 g/mol. The molecule has 1 saturated heterocycles. The second-order valence-corrected chi connectivity index (χ2v) is 5.95. The molecular weight excluding hydrogens is 264 g/mol. The third kappa shape index (κ3) is 3.18. The number of rotatable bonds is 3. The summed E-state index contributed by atoms with van der Waals surface area (Å²) >= 11 is 0. The van der Waals surface area contributed by atoms with Crippen LogP contribution in [0.4, 0.5) is 5.69 Å². The molecular formula is C16H24N4O. The third-order valence-electron chi connectivity index (χ3n) is 4.71. The maximum absolute atomic E-state index is 12.5. The Morgan fingerprint density at radius 1 is 1.24 bits per heavy atom. The van der Waals surface area contributed by atoms with Gasteiger partial charge in [-0.2, -0.15) is 0 Å². The summed E-state index contributed by atoms with van der Waals surface area (Å²) in [4.78, 5) is 21.2. The van der Waals surface area contributed by atoms with Gasteiger partial charge in [0.05, 0.1) is 0 Å². The average molecular weight is 288 g/mol. The second kappa shape index (κ2) is 6.43. The van der Waals surface area contributed by atoms with E-state index >= 15 is 0 Å². The standard InChI is InChI=1S/C16H24N4O/c1-17-13-6-7-18-15(12-13)16(21)20-10-8-19(9-11-20)14-4-2-3-5-14/h6-7,12,14H,2-5,8-11H2,1H3,(H,17,18). The predicted molar refractivity (Wildman–Crippen MR) is 83.5 cm³/mol. The molecule has 0 atom stereocenters. The van der Waals surface area contributed by atoms with E-state index in [2.05, 4.69) is 15.2 Å². The van der Waals surface area contributed by atoms with E-state index in [1.165, 1.54) is 25.7 Å². The van der Waals surface area contributed by atoms with E-state index in [1.807, 2.05) is 24.1 Å². The Morgan fingerprint density at radius 2 is 1.95 bits per heavy atom. The molecule has 1 aliphatic heterocycles. The molecule has 114 valence electrons. The number of hydrogen-bond donors (Lipinski definition) is 1. The average Bonchev–Trinajstić information content (AvgIpc) is 3.09. The number of piperazine rings is 1. The number of hydrogen-bond acceptors (Lipinski definition) is 4. The lowest BCUT2D eigenvalue weighted by Crippen LogP contribution is -2.51. The van der Waals surface area contributed by atoms with Crippen LogP contribution in [0.1, 0.15) is 36.2 Å². The summed E-state index contributed by atoms with van der Waals surface area (Å²) in [5, 5.41) is 3.05. The van der Waals surface area contributed by atoms with Crippen molar-refractivity contribution in [3.8, 4) is 0 Å². The van der Waals surface area contributed by atoms with Crippen LogP contribution >= 0.6 is 0 Å². The Morgan fingerprint density at radius 3 is 2.62 bits per heavy atom. The number of aromatic nitrogens is 1. The van der Waals surface area contributed by atoms with Crippen molar-refractivity contribution in [2.75, 3.05) is 38.5 Å². The van der Waals surface area contributed by atoms with Crippen LogP contribution in [0.3, 0.4) is 0 Å². The van der Waals surface area contributed by atoms with E-state index in [0.717, 1.165) is 37.9 Å². The summed E-state index contributed by atoms with van der Waals surface area (Å²) in [6, 6.07) is 4.45. The van der Waals surface area contributed by atoms with Crippen molar-refractivity contribution in [1.29, 1.82) is 0 Å². The van der Waals surface area contributed by atoms with Crippen molar-refractivity contribution in [3.05, 3.63) is 24.0 Å². The summed E-state index contributed by atoms with van der Waals surface area (Å²) < 4.78 is 0. The molecule has 0 radical (unpaired) electrons. The van der Waals surface area contributed by atoms with Crippen LogP contribution in [0.5, 0.6) is 0 Å². The lowest BCUT2D eigenvalue weighted by atomic mass is 10.1. The molecule has 21 heavy (non-hydrogen) atoms. The Balaban J connectivity index is 1.59. The maximum atomic E-state index is 12.5. The van der Waals surface area contributed by atoms with Gasteiger partial charge in [-0.3, -0.25) is 14.7 Å². The van der Waals surface area contributed by atoms with Crippen molar-refractivity contribution in [3.63, 3.8) is 0 Å². The molecule has 2 aliphatic rings. The highest BCUT2D eigenvalue weighted by molar-refractivity contribution is 5.93. The molecule has 2 heterocycles. The highest BCUT2D eigenvalue weighted by atomic mass is 16.2. The van der Waals surface area contributed by atoms with Crippen molar-refractivity contribution in [2.24, 2.45) is 0 Å². The second-order valence-electron chi connectivity index (χ2n) is 5.95. The molecule has 0 unspecified atom stereocenters. The van der Waals surface area contributed by atoms with Crippen LogP contribution in [0.25, 0.3) is 0 Å². The number of amides is 1. The molecule has 1 N–H and O–H groups in total. The molecule has 1 aromatic rings. The van der Waals surface area contributed by atoms with Crippen molar-refractivity contribution < 1.29 is 4.79 Å². The number of nitrogens with one attached hydrogen (secondary N) is 1. The first-order valence-corrected chi connectivity index (χ1v) is 7.95. The quantitative estimate of drug-likeness (QED) is 0.922. The summed E-state index contributed by atoms with van der Waals surface area (Å²) in [6.45, 7) is 3.64. The van der Waals surface area contributed by atoms with E-state index in [4.69, 9.17) is 0 Å². The summed E-state index contributed by atoms with van der Waals surface area (Å²) in [6.07, 6.45) is 7.09. The van der Waals surface area contributed by atoms with Gasteiger partial charge in [-0.15, -0.1) is 0 Å². The number of carbonyl (C=O) groups excluding carboxylic acids is 1. The fraction of sp³-hybridized carbons (Fsp3) is 0.625. The Kier molecular flexibility index (Phi) is 4.39. The van der Waals surface area contributed by atoms with Gasteiger partial charge in [0.2, 0.25) is 0 Å². The van der Waals surface area contributed by atoms with Crippen LogP contribution in [-0.2, 0) is 0 Å². The molecule has 0 aromatic carbocycles. The van der Waals surface area contributed by atoms with Gasteiger partial charge in [0.1, 0.15) is 5.69 Å². The largest absolute Gasteiger partial charge is 0.388 e. The van der Waals surface area contributed by atoms with E-state index in [-0.39, 0.29) is 5.91 Å². The molecule has 1 amide bonds. The zero-order valence-electron chi connectivity index (χ0n) is 12.7. The smallest absolute Gasteiger partial charge is 0.272 e. The van der Waals surface area contributed by atoms with Crippen LogP contribution < -0.4 is 5.32 Å². The van der Waals surface area contributed by atoms with E-state index in [9.17, 15) is 4.79 Å². The zero-order chi connectivity index (χ0) is 14.7. The van der Waals surface area contributed by atoms with Crippen molar-refractivity contribution >= 4 is 11.6 Å². The summed E-state index contributed by atoms with van der Waals surface area (Å²) in [5.41, 5.74) is 1.47. The minimum atomic E-state index is 0.0539. The Hall–Kier alpha value is -1.62. The summed E-state index contributed by atoms with van der Waals surface area (Å²) in [5.74, 6) is 0.0539. The lowest BCUT2D eigenvalue weighted by molar-refractivity contribution is 0.0568. The van der Waals surface area contributed by atoms with Crippen LogP contribution in [0.15, 0.2) is 18.3 Å². The van der Waals surface area contributed by atoms with Gasteiger partial charge in [0.15, 0.2) is 0 Å². The first kappa shape index (κ1) is 14.3. The molecule has 5 nitrogen and oxygen atoms in total. The van der Waals surface area contributed by atoms with Crippen molar-refractivity contribution in [2.45, 2.75) is 31.7 Å². The first-order valence-electron chi connectivity index (χ1n) is 7.95. The van der Waals surface area contributed by atoms with Gasteiger partial charge in [0, 0.05) is 51.2 Å². The lowest BCUT2D eigenvalue weighted by Gasteiger charge is -2.37. The van der Waals surface area contributed by atoms with Gasteiger partial charge in [-0.1, -0.05) is 12.8 Å². The molecule has 0 bridgehead atoms. The van der Waals surface area contributed by atoms with E-state index < -0.39 is 0 Å². The maximum Gasteiger partial charge on any atom is 0.272 e. The highest BCUT2D eigenvalue weighted by Crippen LogP contribution is 2.24.